The topological polar surface area (TPSA) is 123 Å². The lowest BCUT2D eigenvalue weighted by Crippen LogP contribution is -1.98. The lowest BCUT2D eigenvalue weighted by molar-refractivity contribution is 0.0630. The molecule has 0 radical (unpaired) electrons. The van der Waals surface area contributed by atoms with Crippen LogP contribution < -0.4 is 0 Å². The van der Waals surface area contributed by atoms with Gasteiger partial charge in [-0.05, 0) is 6.92 Å². The van der Waals surface area contributed by atoms with Crippen LogP contribution in [0.25, 0.3) is 0 Å². The summed E-state index contributed by atoms with van der Waals surface area (Å²) >= 11 is 0. The van der Waals surface area contributed by atoms with E-state index in [1.807, 2.05) is 0 Å². The summed E-state index contributed by atoms with van der Waals surface area (Å²) in [6.45, 7) is 0.268. The first kappa shape index (κ1) is 15.0. The third-order valence-electron chi connectivity index (χ3n) is 0.997. The Bertz CT molecular complexity index is 299. The lowest BCUT2D eigenvalue weighted by atomic mass is 10.6. The zero-order chi connectivity index (χ0) is 11.9. The second kappa shape index (κ2) is 6.52. The number of hydrogen-bond donors (Lipinski definition) is 3. The third kappa shape index (κ3) is 7.84. The Hall–Kier alpha value is -0.0400. The average molecular weight is 262 g/mol. The van der Waals surface area contributed by atoms with Gasteiger partial charge in [0.1, 0.15) is 0 Å². The van der Waals surface area contributed by atoms with Crippen LogP contribution in [0.1, 0.15) is 6.92 Å². The summed E-state index contributed by atoms with van der Waals surface area (Å²) in [6, 6.07) is 0. The molecule has 3 N–H and O–H groups in total. The van der Waals surface area contributed by atoms with E-state index in [1.165, 1.54) is 6.08 Å². The predicted octanol–water partition coefficient (Wildman–Crippen LogP) is 0.763. The van der Waals surface area contributed by atoms with E-state index in [9.17, 15) is 9.13 Å². The van der Waals surface area contributed by atoms with Crippen LogP contribution in [0.15, 0.2) is 12.2 Å². The molecule has 8 nitrogen and oxygen atoms in total. The highest BCUT2D eigenvalue weighted by Gasteiger charge is 2.34. The van der Waals surface area contributed by atoms with E-state index in [0.717, 1.165) is 0 Å². The van der Waals surface area contributed by atoms with Crippen LogP contribution in [-0.4, -0.2) is 28.3 Å². The normalized spacial score (nSPS) is 20.0. The van der Waals surface area contributed by atoms with Gasteiger partial charge < -0.3 is 14.9 Å². The SMILES string of the molecule is C/C=C/COP(=O)(O)OP(=O)(O)OCO. The maximum Gasteiger partial charge on any atom is 0.483 e. The summed E-state index contributed by atoms with van der Waals surface area (Å²) in [6.07, 6.45) is 2.93. The van der Waals surface area contributed by atoms with Crippen LogP contribution in [0.3, 0.4) is 0 Å². The van der Waals surface area contributed by atoms with E-state index in [-0.39, 0.29) is 6.61 Å². The number of hydrogen-bond acceptors (Lipinski definition) is 6. The van der Waals surface area contributed by atoms with Gasteiger partial charge in [0.15, 0.2) is 6.79 Å². The fraction of sp³-hybridized carbons (Fsp3) is 0.600. The van der Waals surface area contributed by atoms with E-state index in [1.54, 1.807) is 13.0 Å². The van der Waals surface area contributed by atoms with Crippen LogP contribution in [0.2, 0.25) is 0 Å². The van der Waals surface area contributed by atoms with E-state index in [4.69, 9.17) is 14.9 Å². The molecule has 15 heavy (non-hydrogen) atoms. The molecule has 0 spiro atoms. The van der Waals surface area contributed by atoms with Crippen LogP contribution in [0.5, 0.6) is 0 Å². The van der Waals surface area contributed by atoms with Crippen molar-refractivity contribution in [2.45, 2.75) is 6.92 Å². The molecule has 0 aromatic carbocycles. The molecular weight excluding hydrogens is 250 g/mol. The van der Waals surface area contributed by atoms with Gasteiger partial charge >= 0.3 is 15.6 Å². The molecule has 2 atom stereocenters. The van der Waals surface area contributed by atoms with E-state index in [2.05, 4.69) is 13.4 Å². The zero-order valence-corrected chi connectivity index (χ0v) is 9.64. The smallest absolute Gasteiger partial charge is 0.370 e. The Morgan fingerprint density at radius 3 is 2.20 bits per heavy atom. The molecule has 0 saturated carbocycles. The van der Waals surface area contributed by atoms with Gasteiger partial charge in [-0.25, -0.2) is 9.13 Å². The summed E-state index contributed by atoms with van der Waals surface area (Å²) in [5, 5.41) is 8.16. The Kier molecular flexibility index (Phi) is 6.51. The van der Waals surface area contributed by atoms with Gasteiger partial charge in [0.25, 0.3) is 0 Å². The third-order valence-corrected chi connectivity index (χ3v) is 3.56. The molecule has 0 aromatic rings. The van der Waals surface area contributed by atoms with Gasteiger partial charge in [-0.15, -0.1) is 0 Å². The van der Waals surface area contributed by atoms with Gasteiger partial charge in [0.05, 0.1) is 6.61 Å². The largest absolute Gasteiger partial charge is 0.483 e. The summed E-state index contributed by atoms with van der Waals surface area (Å²) in [7, 11) is -9.45. The molecule has 2 unspecified atom stereocenters. The molecule has 10 heteroatoms. The van der Waals surface area contributed by atoms with Gasteiger partial charge in [-0.1, -0.05) is 12.2 Å². The molecule has 0 aliphatic carbocycles. The van der Waals surface area contributed by atoms with Crippen molar-refractivity contribution in [1.29, 1.82) is 0 Å². The molecule has 0 rings (SSSR count). The number of aliphatic hydroxyl groups is 1. The van der Waals surface area contributed by atoms with E-state index < -0.39 is 22.4 Å². The molecule has 0 aliphatic rings. The molecule has 0 aliphatic heterocycles. The number of phosphoric acid groups is 2. The summed E-state index contributed by atoms with van der Waals surface area (Å²) in [4.78, 5) is 17.6. The fourth-order valence-electron chi connectivity index (χ4n) is 0.484. The fourth-order valence-corrected chi connectivity index (χ4v) is 2.32. The van der Waals surface area contributed by atoms with Crippen molar-refractivity contribution in [3.8, 4) is 0 Å². The first-order valence-corrected chi connectivity index (χ1v) is 6.70. The Balaban J connectivity index is 4.24. The molecule has 0 amide bonds. The van der Waals surface area contributed by atoms with Crippen LogP contribution in [0.4, 0.5) is 0 Å². The first-order valence-electron chi connectivity index (χ1n) is 3.71. The van der Waals surface area contributed by atoms with Crippen molar-refractivity contribution < 1.29 is 37.4 Å². The van der Waals surface area contributed by atoms with Crippen LogP contribution in [-0.2, 0) is 22.5 Å². The highest BCUT2D eigenvalue weighted by Crippen LogP contribution is 2.60. The molecule has 0 bridgehead atoms. The molecule has 0 aromatic heterocycles. The maximum absolute atomic E-state index is 11.0. The van der Waals surface area contributed by atoms with Gasteiger partial charge in [-0.3, -0.25) is 9.05 Å². The molecule has 90 valence electrons. The van der Waals surface area contributed by atoms with Gasteiger partial charge in [-0.2, -0.15) is 4.31 Å². The van der Waals surface area contributed by atoms with Gasteiger partial charge in [0, 0.05) is 0 Å². The minimum absolute atomic E-state index is 0.261. The maximum atomic E-state index is 11.0. The van der Waals surface area contributed by atoms with Crippen molar-refractivity contribution in [2.24, 2.45) is 0 Å². The summed E-state index contributed by atoms with van der Waals surface area (Å²) in [5.41, 5.74) is 0. The second-order valence-corrected chi connectivity index (χ2v) is 5.19. The van der Waals surface area contributed by atoms with Crippen molar-refractivity contribution >= 4 is 15.6 Å². The molecule has 0 fully saturated rings. The molecule has 0 heterocycles. The van der Waals surface area contributed by atoms with E-state index in [0.29, 0.717) is 0 Å². The lowest BCUT2D eigenvalue weighted by Gasteiger charge is -2.13. The Labute approximate surface area is 86.3 Å². The Morgan fingerprint density at radius 2 is 1.73 bits per heavy atom. The summed E-state index contributed by atoms with van der Waals surface area (Å²) in [5.74, 6) is 0. The van der Waals surface area contributed by atoms with Crippen molar-refractivity contribution in [3.05, 3.63) is 12.2 Å². The highest BCUT2D eigenvalue weighted by atomic mass is 31.3. The monoisotopic (exact) mass is 262 g/mol. The minimum Gasteiger partial charge on any atom is -0.370 e. The van der Waals surface area contributed by atoms with Crippen molar-refractivity contribution in [3.63, 3.8) is 0 Å². The minimum atomic E-state index is -4.77. The average Bonchev–Trinajstić information content (AvgIpc) is 2.01. The number of rotatable bonds is 7. The standard InChI is InChI=1S/C5H12O8P2/c1-2-3-4-11-14(7,8)13-15(9,10)12-5-6/h2-3,6H,4-5H2,1H3,(H,7,8)(H,9,10)/b3-2+. The summed E-state index contributed by atoms with van der Waals surface area (Å²) < 4.78 is 33.6. The predicted molar refractivity (Wildman–Crippen MR) is 49.7 cm³/mol. The van der Waals surface area contributed by atoms with Crippen molar-refractivity contribution in [1.82, 2.24) is 0 Å². The second-order valence-electron chi connectivity index (χ2n) is 2.14. The molecular formula is C5H12O8P2. The number of aliphatic hydroxyl groups excluding tert-OH is 1. The van der Waals surface area contributed by atoms with Crippen LogP contribution >= 0.6 is 15.6 Å². The van der Waals surface area contributed by atoms with Crippen molar-refractivity contribution in [2.75, 3.05) is 13.4 Å². The first-order chi connectivity index (χ1) is 6.83. The zero-order valence-electron chi connectivity index (χ0n) is 7.85. The van der Waals surface area contributed by atoms with Crippen LogP contribution in [0, 0.1) is 0 Å². The van der Waals surface area contributed by atoms with E-state index >= 15 is 0 Å². The van der Waals surface area contributed by atoms with Gasteiger partial charge in [0.2, 0.25) is 0 Å². The number of allylic oxidation sites excluding steroid dienone is 1. The number of phosphoric ester groups is 2. The molecule has 0 saturated heterocycles. The highest BCUT2D eigenvalue weighted by molar-refractivity contribution is 7.61. The quantitative estimate of drug-likeness (QED) is 0.349. The Morgan fingerprint density at radius 1 is 1.20 bits per heavy atom.